The summed E-state index contributed by atoms with van der Waals surface area (Å²) < 4.78 is 1.54. The Hall–Kier alpha value is -1.82. The molecule has 1 atom stereocenters. The zero-order valence-electron chi connectivity index (χ0n) is 9.37. The van der Waals surface area contributed by atoms with Gasteiger partial charge in [-0.1, -0.05) is 23.9 Å². The third-order valence-corrected chi connectivity index (χ3v) is 4.04. The summed E-state index contributed by atoms with van der Waals surface area (Å²) in [5, 5.41) is 9.46. The van der Waals surface area contributed by atoms with Crippen molar-refractivity contribution in [3.05, 3.63) is 24.3 Å². The molecule has 1 aliphatic heterocycles. The normalized spacial score (nSPS) is 18.9. The highest BCUT2D eigenvalue weighted by Crippen LogP contribution is 2.32. The van der Waals surface area contributed by atoms with E-state index in [-0.39, 0.29) is 12.3 Å². The van der Waals surface area contributed by atoms with Crippen LogP contribution in [-0.2, 0) is 4.79 Å². The highest BCUT2D eigenvalue weighted by molar-refractivity contribution is 7.99. The van der Waals surface area contributed by atoms with E-state index >= 15 is 0 Å². The highest BCUT2D eigenvalue weighted by Gasteiger charge is 2.31. The maximum Gasteiger partial charge on any atom is 0.304 e. The van der Waals surface area contributed by atoms with Gasteiger partial charge in [0.25, 0.3) is 0 Å². The van der Waals surface area contributed by atoms with Gasteiger partial charge >= 0.3 is 5.97 Å². The van der Waals surface area contributed by atoms with Crippen molar-refractivity contribution in [1.82, 2.24) is 9.55 Å². The Morgan fingerprint density at radius 1 is 1.50 bits per heavy atom. The maximum absolute atomic E-state index is 12.3. The van der Waals surface area contributed by atoms with Crippen LogP contribution in [0, 0.1) is 5.92 Å². The number of rotatable bonds is 2. The van der Waals surface area contributed by atoms with Crippen molar-refractivity contribution in [2.45, 2.75) is 11.6 Å². The lowest BCUT2D eigenvalue weighted by molar-refractivity contribution is -0.137. The SMILES string of the molecule is O=C(O)CC1CSc2nc3ccccc3n2C1=O. The van der Waals surface area contributed by atoms with Crippen LogP contribution in [0.1, 0.15) is 11.2 Å². The van der Waals surface area contributed by atoms with E-state index in [2.05, 4.69) is 4.98 Å². The van der Waals surface area contributed by atoms with Gasteiger partial charge in [0.05, 0.1) is 23.4 Å². The molecular weight excluding hydrogens is 252 g/mol. The number of nitrogens with zero attached hydrogens (tertiary/aromatic N) is 2. The summed E-state index contributed by atoms with van der Waals surface area (Å²) in [5.41, 5.74) is 1.52. The molecule has 1 N–H and O–H groups in total. The number of carboxylic acids is 1. The summed E-state index contributed by atoms with van der Waals surface area (Å²) in [6.07, 6.45) is -0.127. The van der Waals surface area contributed by atoms with Crippen LogP contribution < -0.4 is 0 Å². The minimum absolute atomic E-state index is 0.127. The summed E-state index contributed by atoms with van der Waals surface area (Å²) in [6.45, 7) is 0. The number of para-hydroxylation sites is 2. The molecule has 0 radical (unpaired) electrons. The summed E-state index contributed by atoms with van der Waals surface area (Å²) >= 11 is 1.44. The fourth-order valence-electron chi connectivity index (χ4n) is 2.10. The number of aliphatic carboxylic acids is 1. The topological polar surface area (TPSA) is 72.2 Å². The molecule has 0 fully saturated rings. The molecule has 1 unspecified atom stereocenters. The molecule has 1 aromatic carbocycles. The number of aromatic nitrogens is 2. The number of hydrogen-bond acceptors (Lipinski definition) is 4. The number of carboxylic acid groups (broad SMARTS) is 1. The lowest BCUT2D eigenvalue weighted by atomic mass is 10.1. The van der Waals surface area contributed by atoms with Crippen molar-refractivity contribution in [2.24, 2.45) is 5.92 Å². The Morgan fingerprint density at radius 2 is 2.28 bits per heavy atom. The molecule has 6 heteroatoms. The van der Waals surface area contributed by atoms with Crippen LogP contribution in [0.3, 0.4) is 0 Å². The van der Waals surface area contributed by atoms with E-state index in [0.29, 0.717) is 10.9 Å². The molecule has 2 aromatic rings. The number of hydrogen-bond donors (Lipinski definition) is 1. The van der Waals surface area contributed by atoms with Gasteiger partial charge in [-0.05, 0) is 12.1 Å². The summed E-state index contributed by atoms with van der Waals surface area (Å²) in [6, 6.07) is 7.38. The number of fused-ring (bicyclic) bond motifs is 3. The summed E-state index contributed by atoms with van der Waals surface area (Å²) in [5.74, 6) is -1.10. The molecule has 0 bridgehead atoms. The van der Waals surface area contributed by atoms with Crippen LogP contribution in [0.2, 0.25) is 0 Å². The molecular formula is C12H10N2O3S. The third kappa shape index (κ3) is 1.69. The van der Waals surface area contributed by atoms with Crippen molar-refractivity contribution in [3.8, 4) is 0 Å². The molecule has 0 saturated carbocycles. The van der Waals surface area contributed by atoms with Gasteiger partial charge in [-0.15, -0.1) is 0 Å². The van der Waals surface area contributed by atoms with Gasteiger partial charge in [0, 0.05) is 5.75 Å². The third-order valence-electron chi connectivity index (χ3n) is 2.93. The fraction of sp³-hybridized carbons (Fsp3) is 0.250. The monoisotopic (exact) mass is 262 g/mol. The van der Waals surface area contributed by atoms with Crippen LogP contribution in [0.4, 0.5) is 0 Å². The summed E-state index contributed by atoms with van der Waals surface area (Å²) in [4.78, 5) is 27.4. The van der Waals surface area contributed by atoms with Crippen LogP contribution in [0.15, 0.2) is 29.4 Å². The van der Waals surface area contributed by atoms with Crippen molar-refractivity contribution in [2.75, 3.05) is 5.75 Å². The van der Waals surface area contributed by atoms with Gasteiger partial charge in [-0.2, -0.15) is 0 Å². The van der Waals surface area contributed by atoms with Gasteiger partial charge in [0.1, 0.15) is 0 Å². The van der Waals surface area contributed by atoms with Crippen molar-refractivity contribution in [3.63, 3.8) is 0 Å². The average molecular weight is 262 g/mol. The zero-order chi connectivity index (χ0) is 12.7. The number of carbonyl (C=O) groups is 2. The van der Waals surface area contributed by atoms with Crippen LogP contribution >= 0.6 is 11.8 Å². The Bertz CT molecular complexity index is 650. The van der Waals surface area contributed by atoms with E-state index in [0.717, 1.165) is 11.0 Å². The molecule has 0 spiro atoms. The molecule has 0 saturated heterocycles. The van der Waals surface area contributed by atoms with Gasteiger partial charge in [-0.3, -0.25) is 14.2 Å². The first-order chi connectivity index (χ1) is 8.66. The molecule has 18 heavy (non-hydrogen) atoms. The van der Waals surface area contributed by atoms with E-state index in [1.807, 2.05) is 24.3 Å². The van der Waals surface area contributed by atoms with Crippen molar-refractivity contribution in [1.29, 1.82) is 0 Å². The first-order valence-corrected chi connectivity index (χ1v) is 6.51. The molecule has 3 rings (SSSR count). The molecule has 0 amide bonds. The number of imidazole rings is 1. The van der Waals surface area contributed by atoms with Gasteiger partial charge in [0.2, 0.25) is 5.91 Å². The first kappa shape index (κ1) is 11.3. The predicted octanol–water partition coefficient (Wildman–Crippen LogP) is 1.87. The zero-order valence-corrected chi connectivity index (χ0v) is 10.2. The lowest BCUT2D eigenvalue weighted by Gasteiger charge is -2.20. The van der Waals surface area contributed by atoms with Gasteiger partial charge < -0.3 is 5.11 Å². The molecule has 2 heterocycles. The molecule has 0 aliphatic carbocycles. The lowest BCUT2D eigenvalue weighted by Crippen LogP contribution is -2.30. The molecule has 5 nitrogen and oxygen atoms in total. The number of benzene rings is 1. The highest BCUT2D eigenvalue weighted by atomic mass is 32.2. The fourth-order valence-corrected chi connectivity index (χ4v) is 3.19. The van der Waals surface area contributed by atoms with Crippen LogP contribution in [0.5, 0.6) is 0 Å². The number of thioether (sulfide) groups is 1. The molecule has 1 aliphatic rings. The molecule has 92 valence electrons. The number of carbonyl (C=O) groups excluding carboxylic acids is 1. The van der Waals surface area contributed by atoms with Gasteiger partial charge in [-0.25, -0.2) is 4.98 Å². The second-order valence-corrected chi connectivity index (χ2v) is 5.15. The Labute approximate surface area is 107 Å². The minimum atomic E-state index is -0.943. The maximum atomic E-state index is 12.3. The van der Waals surface area contributed by atoms with Gasteiger partial charge in [0.15, 0.2) is 5.16 Å². The average Bonchev–Trinajstić information content (AvgIpc) is 2.71. The van der Waals surface area contributed by atoms with Crippen molar-refractivity contribution >= 4 is 34.7 Å². The largest absolute Gasteiger partial charge is 0.481 e. The van der Waals surface area contributed by atoms with Crippen LogP contribution in [-0.4, -0.2) is 32.3 Å². The van der Waals surface area contributed by atoms with Crippen molar-refractivity contribution < 1.29 is 14.7 Å². The standard InChI is InChI=1S/C12H10N2O3S/c15-10(16)5-7-6-18-12-13-8-3-1-2-4-9(8)14(12)11(7)17/h1-4,7H,5-6H2,(H,15,16). The minimum Gasteiger partial charge on any atom is -0.481 e. The van der Waals surface area contributed by atoms with E-state index < -0.39 is 11.9 Å². The van der Waals surface area contributed by atoms with Crippen LogP contribution in [0.25, 0.3) is 11.0 Å². The van der Waals surface area contributed by atoms with E-state index in [1.54, 1.807) is 0 Å². The van der Waals surface area contributed by atoms with E-state index in [4.69, 9.17) is 5.11 Å². The van der Waals surface area contributed by atoms with E-state index in [9.17, 15) is 9.59 Å². The Balaban J connectivity index is 2.08. The smallest absolute Gasteiger partial charge is 0.304 e. The second kappa shape index (κ2) is 4.13. The van der Waals surface area contributed by atoms with E-state index in [1.165, 1.54) is 16.3 Å². The predicted molar refractivity (Wildman–Crippen MR) is 66.8 cm³/mol. The Morgan fingerprint density at radius 3 is 3.06 bits per heavy atom. The molecule has 1 aromatic heterocycles. The first-order valence-electron chi connectivity index (χ1n) is 5.53. The quantitative estimate of drug-likeness (QED) is 0.894. The summed E-state index contributed by atoms with van der Waals surface area (Å²) in [7, 11) is 0. The Kier molecular flexibility index (Phi) is 2.59. The second-order valence-electron chi connectivity index (χ2n) is 4.16.